The van der Waals surface area contributed by atoms with Crippen molar-refractivity contribution in [1.82, 2.24) is 8.87 Å². The number of hydrogen-bond donors (Lipinski definition) is 1. The van der Waals surface area contributed by atoms with Gasteiger partial charge in [0.1, 0.15) is 0 Å². The zero-order valence-corrected chi connectivity index (χ0v) is 18.0. The molecule has 0 unspecified atom stereocenters. The van der Waals surface area contributed by atoms with E-state index >= 15 is 0 Å². The highest BCUT2D eigenvalue weighted by atomic mass is 32.2. The van der Waals surface area contributed by atoms with Gasteiger partial charge >= 0.3 is 4.87 Å². The third-order valence-electron chi connectivity index (χ3n) is 4.95. The maximum Gasteiger partial charge on any atom is 0.308 e. The van der Waals surface area contributed by atoms with Crippen molar-refractivity contribution >= 4 is 43.2 Å². The molecule has 0 saturated carbocycles. The zero-order valence-electron chi connectivity index (χ0n) is 16.3. The molecule has 1 saturated heterocycles. The molecular formula is C20H21N3O5S2. The Kier molecular flexibility index (Phi) is 5.74. The average Bonchev–Trinajstić information content (AvgIpc) is 3.08. The lowest BCUT2D eigenvalue weighted by Crippen LogP contribution is -2.40. The lowest BCUT2D eigenvalue weighted by atomic mass is 10.2. The molecule has 10 heteroatoms. The molecule has 30 heavy (non-hydrogen) atoms. The second-order valence-electron chi connectivity index (χ2n) is 6.79. The first-order valence-corrected chi connectivity index (χ1v) is 11.8. The summed E-state index contributed by atoms with van der Waals surface area (Å²) in [4.78, 5) is 24.8. The number of thiazole rings is 1. The van der Waals surface area contributed by atoms with E-state index in [0.717, 1.165) is 21.6 Å². The largest absolute Gasteiger partial charge is 0.379 e. The van der Waals surface area contributed by atoms with Crippen LogP contribution in [0.2, 0.25) is 0 Å². The Labute approximate surface area is 177 Å². The molecule has 1 amide bonds. The molecule has 2 aromatic carbocycles. The van der Waals surface area contributed by atoms with Gasteiger partial charge in [0.15, 0.2) is 0 Å². The first-order chi connectivity index (χ1) is 14.4. The number of nitrogens with zero attached hydrogens (tertiary/aromatic N) is 2. The number of rotatable bonds is 5. The summed E-state index contributed by atoms with van der Waals surface area (Å²) in [6, 6.07) is 11.3. The summed E-state index contributed by atoms with van der Waals surface area (Å²) in [7, 11) is -3.69. The number of anilines is 1. The van der Waals surface area contributed by atoms with E-state index in [1.54, 1.807) is 34.9 Å². The van der Waals surface area contributed by atoms with Gasteiger partial charge in [-0.15, -0.1) is 0 Å². The number of amides is 1. The number of nitrogens with one attached hydrogen (secondary N) is 1. The SMILES string of the molecule is CCn1c(=O)sc2cc(NC(=O)c3cccc(S(=O)(=O)N4CCOCC4)c3)ccc21. The fraction of sp³-hybridized carbons (Fsp3) is 0.300. The van der Waals surface area contributed by atoms with Crippen molar-refractivity contribution in [3.8, 4) is 0 Å². The van der Waals surface area contributed by atoms with Crippen molar-refractivity contribution in [3.63, 3.8) is 0 Å². The summed E-state index contributed by atoms with van der Waals surface area (Å²) in [6.07, 6.45) is 0. The van der Waals surface area contributed by atoms with Crippen molar-refractivity contribution in [1.29, 1.82) is 0 Å². The summed E-state index contributed by atoms with van der Waals surface area (Å²) in [6.45, 7) is 3.77. The van der Waals surface area contributed by atoms with Gasteiger partial charge in [-0.2, -0.15) is 4.31 Å². The Morgan fingerprint density at radius 1 is 1.17 bits per heavy atom. The maximum atomic E-state index is 12.8. The van der Waals surface area contributed by atoms with Crippen LogP contribution in [0.3, 0.4) is 0 Å². The Bertz CT molecular complexity index is 1260. The number of hydrogen-bond acceptors (Lipinski definition) is 6. The Morgan fingerprint density at radius 3 is 2.67 bits per heavy atom. The van der Waals surface area contributed by atoms with E-state index in [1.165, 1.54) is 16.4 Å². The van der Waals surface area contributed by atoms with Crippen LogP contribution in [0, 0.1) is 0 Å². The number of aromatic nitrogens is 1. The normalized spacial score (nSPS) is 15.4. The first kappa shape index (κ1) is 20.7. The van der Waals surface area contributed by atoms with Gasteiger partial charge in [0, 0.05) is 30.9 Å². The predicted octanol–water partition coefficient (Wildman–Crippen LogP) is 2.36. The molecule has 8 nitrogen and oxygen atoms in total. The van der Waals surface area contributed by atoms with Gasteiger partial charge in [-0.25, -0.2) is 8.42 Å². The van der Waals surface area contributed by atoms with Crippen LogP contribution in [0.4, 0.5) is 5.69 Å². The Morgan fingerprint density at radius 2 is 1.93 bits per heavy atom. The molecule has 0 spiro atoms. The zero-order chi connectivity index (χ0) is 21.3. The van der Waals surface area contributed by atoms with Crippen LogP contribution in [0.1, 0.15) is 17.3 Å². The second kappa shape index (κ2) is 8.31. The lowest BCUT2D eigenvalue weighted by Gasteiger charge is -2.26. The van der Waals surface area contributed by atoms with Gasteiger partial charge < -0.3 is 10.1 Å². The smallest absolute Gasteiger partial charge is 0.308 e. The molecule has 1 fully saturated rings. The van der Waals surface area contributed by atoms with Crippen LogP contribution in [0.25, 0.3) is 10.2 Å². The van der Waals surface area contributed by atoms with Crippen LogP contribution < -0.4 is 10.2 Å². The minimum absolute atomic E-state index is 0.0444. The van der Waals surface area contributed by atoms with E-state index in [2.05, 4.69) is 5.32 Å². The van der Waals surface area contributed by atoms with Gasteiger partial charge in [-0.1, -0.05) is 17.4 Å². The number of carbonyl (C=O) groups excluding carboxylic acids is 1. The molecule has 1 aromatic heterocycles. The van der Waals surface area contributed by atoms with E-state index in [0.29, 0.717) is 38.5 Å². The average molecular weight is 448 g/mol. The summed E-state index contributed by atoms with van der Waals surface area (Å²) in [5.41, 5.74) is 1.60. The molecule has 1 aliphatic heterocycles. The van der Waals surface area contributed by atoms with Crippen molar-refractivity contribution < 1.29 is 17.9 Å². The number of fused-ring (bicyclic) bond motifs is 1. The fourth-order valence-electron chi connectivity index (χ4n) is 3.38. The molecule has 158 valence electrons. The first-order valence-electron chi connectivity index (χ1n) is 9.53. The molecule has 3 aromatic rings. The Balaban J connectivity index is 1.57. The van der Waals surface area contributed by atoms with Crippen molar-refractivity contribution in [3.05, 3.63) is 57.7 Å². The van der Waals surface area contributed by atoms with Crippen molar-refractivity contribution in [2.75, 3.05) is 31.6 Å². The maximum absolute atomic E-state index is 12.8. The third-order valence-corrected chi connectivity index (χ3v) is 7.78. The van der Waals surface area contributed by atoms with Crippen molar-refractivity contribution in [2.45, 2.75) is 18.4 Å². The molecule has 2 heterocycles. The highest BCUT2D eigenvalue weighted by Gasteiger charge is 2.26. The van der Waals surface area contributed by atoms with Crippen LogP contribution in [-0.4, -0.2) is 49.5 Å². The molecule has 0 radical (unpaired) electrons. The van der Waals surface area contributed by atoms with Gasteiger partial charge in [0.05, 0.1) is 28.3 Å². The lowest BCUT2D eigenvalue weighted by molar-refractivity contribution is 0.0730. The van der Waals surface area contributed by atoms with E-state index in [1.807, 2.05) is 6.92 Å². The van der Waals surface area contributed by atoms with E-state index in [-0.39, 0.29) is 15.3 Å². The van der Waals surface area contributed by atoms with Gasteiger partial charge in [0.25, 0.3) is 5.91 Å². The number of ether oxygens (including phenoxy) is 1. The molecular weight excluding hydrogens is 426 g/mol. The molecule has 4 rings (SSSR count). The number of benzene rings is 2. The van der Waals surface area contributed by atoms with E-state index in [4.69, 9.17) is 4.74 Å². The topological polar surface area (TPSA) is 97.7 Å². The summed E-state index contributed by atoms with van der Waals surface area (Å²) in [5, 5.41) is 2.78. The minimum Gasteiger partial charge on any atom is -0.379 e. The second-order valence-corrected chi connectivity index (χ2v) is 9.72. The molecule has 1 N–H and O–H groups in total. The van der Waals surface area contributed by atoms with Crippen molar-refractivity contribution in [2.24, 2.45) is 0 Å². The van der Waals surface area contributed by atoms with Crippen LogP contribution in [0.15, 0.2) is 52.2 Å². The van der Waals surface area contributed by atoms with Crippen LogP contribution in [-0.2, 0) is 21.3 Å². The van der Waals surface area contributed by atoms with Crippen LogP contribution >= 0.6 is 11.3 Å². The number of aryl methyl sites for hydroxylation is 1. The quantitative estimate of drug-likeness (QED) is 0.648. The number of morpholine rings is 1. The highest BCUT2D eigenvalue weighted by molar-refractivity contribution is 7.89. The summed E-state index contributed by atoms with van der Waals surface area (Å²) in [5.74, 6) is -0.421. The monoisotopic (exact) mass is 447 g/mol. The Hall–Kier alpha value is -2.53. The molecule has 0 bridgehead atoms. The van der Waals surface area contributed by atoms with Gasteiger partial charge in [-0.05, 0) is 43.3 Å². The van der Waals surface area contributed by atoms with Crippen LogP contribution in [0.5, 0.6) is 0 Å². The highest BCUT2D eigenvalue weighted by Crippen LogP contribution is 2.23. The predicted molar refractivity (Wildman–Crippen MR) is 116 cm³/mol. The molecule has 0 atom stereocenters. The summed E-state index contributed by atoms with van der Waals surface area (Å²) < 4.78 is 34.7. The fourth-order valence-corrected chi connectivity index (χ4v) is 5.83. The number of carbonyl (C=O) groups is 1. The molecule has 0 aliphatic carbocycles. The van der Waals surface area contributed by atoms with E-state index in [9.17, 15) is 18.0 Å². The number of sulfonamides is 1. The standard InChI is InChI=1S/C20H21N3O5S2/c1-2-23-17-7-6-15(13-18(17)29-20(23)25)21-19(24)14-4-3-5-16(12-14)30(26,27)22-8-10-28-11-9-22/h3-7,12-13H,2,8-11H2,1H3,(H,21,24). The molecule has 1 aliphatic rings. The van der Waals surface area contributed by atoms with E-state index < -0.39 is 15.9 Å². The minimum atomic E-state index is -3.69. The summed E-state index contributed by atoms with van der Waals surface area (Å²) >= 11 is 1.12. The van der Waals surface area contributed by atoms with Gasteiger partial charge in [0.2, 0.25) is 10.0 Å². The van der Waals surface area contributed by atoms with Gasteiger partial charge in [-0.3, -0.25) is 14.2 Å². The third kappa shape index (κ3) is 3.91.